The van der Waals surface area contributed by atoms with Crippen LogP contribution in [-0.4, -0.2) is 28.2 Å². The van der Waals surface area contributed by atoms with E-state index in [1.165, 1.54) is 6.04 Å². The van der Waals surface area contributed by atoms with Crippen molar-refractivity contribution < 1.29 is 13.6 Å². The van der Waals surface area contributed by atoms with Crippen LogP contribution in [0.15, 0.2) is 0 Å². The van der Waals surface area contributed by atoms with E-state index >= 15 is 0 Å². The highest BCUT2D eigenvalue weighted by molar-refractivity contribution is 7.53. The highest BCUT2D eigenvalue weighted by atomic mass is 31.2. The van der Waals surface area contributed by atoms with Crippen molar-refractivity contribution in [1.82, 2.24) is 0 Å². The molecular weight excluding hydrogens is 215 g/mol. The second-order valence-electron chi connectivity index (χ2n) is 3.71. The first-order valence-electron chi connectivity index (χ1n) is 5.42. The summed E-state index contributed by atoms with van der Waals surface area (Å²) in [7, 11) is -3.29. The van der Waals surface area contributed by atoms with Gasteiger partial charge in [0.25, 0.3) is 0 Å². The van der Waals surface area contributed by atoms with E-state index in [1.54, 1.807) is 0 Å². The van der Waals surface area contributed by atoms with Crippen LogP contribution in [-0.2, 0) is 13.6 Å². The molecule has 0 aliphatic rings. The molecule has 86 valence electrons. The van der Waals surface area contributed by atoms with Crippen molar-refractivity contribution in [3.05, 3.63) is 0 Å². The van der Waals surface area contributed by atoms with Gasteiger partial charge in [0, 0.05) is 15.0 Å². The van der Waals surface area contributed by atoms with Crippen LogP contribution in [0.2, 0.25) is 19.1 Å². The van der Waals surface area contributed by atoms with Crippen LogP contribution in [0.3, 0.4) is 0 Å². The maximum Gasteiger partial charge on any atom is 0.330 e. The van der Waals surface area contributed by atoms with Crippen LogP contribution in [0.25, 0.3) is 0 Å². The zero-order valence-electron chi connectivity index (χ0n) is 9.78. The van der Waals surface area contributed by atoms with Gasteiger partial charge in [-0.1, -0.05) is 19.1 Å². The quantitative estimate of drug-likeness (QED) is 0.481. The number of hydrogen-bond donors (Lipinski definition) is 0. The van der Waals surface area contributed by atoms with Gasteiger partial charge in [0.1, 0.15) is 0 Å². The average Bonchev–Trinajstić information content (AvgIpc) is 2.03. The van der Waals surface area contributed by atoms with Crippen molar-refractivity contribution in [1.29, 1.82) is 0 Å². The lowest BCUT2D eigenvalue weighted by Crippen LogP contribution is -2.04. The van der Waals surface area contributed by atoms with E-state index in [2.05, 4.69) is 13.1 Å². The molecule has 0 radical (unpaired) electrons. The summed E-state index contributed by atoms with van der Waals surface area (Å²) in [6.07, 6.45) is 1.56. The number of rotatable bonds is 8. The van der Waals surface area contributed by atoms with Crippen LogP contribution < -0.4 is 0 Å². The lowest BCUT2D eigenvalue weighted by Gasteiger charge is -2.16. The largest absolute Gasteiger partial charge is 0.330 e. The third-order valence-electron chi connectivity index (χ3n) is 1.87. The van der Waals surface area contributed by atoms with Crippen LogP contribution in [0.1, 0.15) is 20.3 Å². The van der Waals surface area contributed by atoms with Gasteiger partial charge in [-0.3, -0.25) is 4.57 Å². The zero-order valence-corrected chi connectivity index (χ0v) is 11.8. The lowest BCUT2D eigenvalue weighted by molar-refractivity contribution is 0.220. The van der Waals surface area contributed by atoms with Gasteiger partial charge in [-0.05, 0) is 20.3 Å². The molecule has 0 saturated heterocycles. The van der Waals surface area contributed by atoms with E-state index in [1.807, 2.05) is 13.8 Å². The summed E-state index contributed by atoms with van der Waals surface area (Å²) < 4.78 is 22.4. The van der Waals surface area contributed by atoms with Crippen LogP contribution in [0.5, 0.6) is 0 Å². The maximum atomic E-state index is 12.0. The first-order valence-corrected chi connectivity index (χ1v) is 10.3. The van der Waals surface area contributed by atoms with Crippen molar-refractivity contribution in [2.75, 3.05) is 19.4 Å². The molecule has 0 aliphatic carbocycles. The molecule has 0 amide bonds. The molecule has 0 aliphatic heterocycles. The first kappa shape index (κ1) is 14.4. The molecule has 3 nitrogen and oxygen atoms in total. The summed E-state index contributed by atoms with van der Waals surface area (Å²) in [5.41, 5.74) is 0. The monoisotopic (exact) mass is 238 g/mol. The van der Waals surface area contributed by atoms with Crippen molar-refractivity contribution in [2.45, 2.75) is 39.4 Å². The Morgan fingerprint density at radius 2 is 1.64 bits per heavy atom. The fraction of sp³-hybridized carbons (Fsp3) is 1.00. The normalized spacial score (nSPS) is 12.4. The summed E-state index contributed by atoms with van der Waals surface area (Å²) in [5, 5.41) is 0. The minimum absolute atomic E-state index is 0.469. The molecular formula is C9H23O3PSi. The third-order valence-corrected chi connectivity index (χ3v) is 5.60. The van der Waals surface area contributed by atoms with Gasteiger partial charge in [0.05, 0.1) is 13.2 Å². The summed E-state index contributed by atoms with van der Waals surface area (Å²) in [4.78, 5) is 0. The molecule has 0 rings (SSSR count). The van der Waals surface area contributed by atoms with Gasteiger partial charge in [0.15, 0.2) is 0 Å². The zero-order chi connectivity index (χ0) is 11.0. The van der Waals surface area contributed by atoms with E-state index in [4.69, 9.17) is 9.05 Å². The standard InChI is InChI=1S/C9H23O3PSi/c1-5-11-13(10,12-6-2)8-7-9-14(3)4/h14H,5-9H2,1-4H3. The Bertz CT molecular complexity index is 175. The minimum atomic E-state index is -2.75. The average molecular weight is 238 g/mol. The highest BCUT2D eigenvalue weighted by Gasteiger charge is 2.22. The molecule has 0 heterocycles. The third kappa shape index (κ3) is 6.77. The van der Waals surface area contributed by atoms with Gasteiger partial charge in [-0.25, -0.2) is 0 Å². The summed E-state index contributed by atoms with van der Waals surface area (Å²) in [6.45, 7) is 9.23. The van der Waals surface area contributed by atoms with Crippen molar-refractivity contribution >= 4 is 16.4 Å². The molecule has 0 spiro atoms. The highest BCUT2D eigenvalue weighted by Crippen LogP contribution is 2.48. The van der Waals surface area contributed by atoms with Gasteiger partial charge in [0.2, 0.25) is 0 Å². The Morgan fingerprint density at radius 1 is 1.14 bits per heavy atom. The molecule has 0 bridgehead atoms. The molecule has 0 aromatic rings. The van der Waals surface area contributed by atoms with E-state index in [0.717, 1.165) is 6.42 Å². The fourth-order valence-corrected chi connectivity index (χ4v) is 4.31. The van der Waals surface area contributed by atoms with Crippen molar-refractivity contribution in [3.63, 3.8) is 0 Å². The molecule has 0 aromatic carbocycles. The Morgan fingerprint density at radius 3 is 2.00 bits per heavy atom. The topological polar surface area (TPSA) is 35.5 Å². The van der Waals surface area contributed by atoms with Crippen LogP contribution in [0, 0.1) is 0 Å². The fourth-order valence-electron chi connectivity index (χ4n) is 1.25. The second kappa shape index (κ2) is 7.63. The van der Waals surface area contributed by atoms with Crippen molar-refractivity contribution in [3.8, 4) is 0 Å². The van der Waals surface area contributed by atoms with E-state index in [-0.39, 0.29) is 0 Å². The minimum Gasteiger partial charge on any atom is -0.309 e. The summed E-state index contributed by atoms with van der Waals surface area (Å²) >= 11 is 0. The first-order chi connectivity index (χ1) is 6.54. The van der Waals surface area contributed by atoms with Crippen LogP contribution in [0.4, 0.5) is 0 Å². The molecule has 14 heavy (non-hydrogen) atoms. The smallest absolute Gasteiger partial charge is 0.309 e. The van der Waals surface area contributed by atoms with Crippen LogP contribution >= 0.6 is 7.60 Å². The van der Waals surface area contributed by atoms with E-state index in [9.17, 15) is 4.57 Å². The lowest BCUT2D eigenvalue weighted by atomic mass is 10.6. The molecule has 5 heteroatoms. The second-order valence-corrected chi connectivity index (χ2v) is 9.26. The Kier molecular flexibility index (Phi) is 7.83. The van der Waals surface area contributed by atoms with Gasteiger partial charge < -0.3 is 9.05 Å². The van der Waals surface area contributed by atoms with Gasteiger partial charge >= 0.3 is 7.60 Å². The molecule has 0 aromatic heterocycles. The number of hydrogen-bond acceptors (Lipinski definition) is 3. The molecule has 0 saturated carbocycles. The molecule has 0 fully saturated rings. The van der Waals surface area contributed by atoms with E-state index < -0.39 is 16.4 Å². The Balaban J connectivity index is 3.90. The van der Waals surface area contributed by atoms with Crippen molar-refractivity contribution in [2.24, 2.45) is 0 Å². The summed E-state index contributed by atoms with van der Waals surface area (Å²) in [6, 6.07) is 1.21. The molecule has 0 unspecified atom stereocenters. The Hall–Kier alpha value is 0.367. The predicted octanol–water partition coefficient (Wildman–Crippen LogP) is 3.13. The molecule has 0 N–H and O–H groups in total. The SMILES string of the molecule is CCOP(=O)(CCC[SiH](C)C)OCC. The maximum absolute atomic E-state index is 12.0. The predicted molar refractivity (Wildman–Crippen MR) is 64.0 cm³/mol. The van der Waals surface area contributed by atoms with Gasteiger partial charge in [-0.15, -0.1) is 0 Å². The molecule has 0 atom stereocenters. The van der Waals surface area contributed by atoms with Gasteiger partial charge in [-0.2, -0.15) is 0 Å². The summed E-state index contributed by atoms with van der Waals surface area (Å²) in [5.74, 6) is 0. The Labute approximate surface area is 89.3 Å². The van der Waals surface area contributed by atoms with E-state index in [0.29, 0.717) is 19.4 Å².